The Balaban J connectivity index is 1.54. The predicted octanol–water partition coefficient (Wildman–Crippen LogP) is 2.29. The van der Waals surface area contributed by atoms with Crippen molar-refractivity contribution in [1.82, 2.24) is 5.32 Å². The number of cyclic esters (lactones) is 1. The van der Waals surface area contributed by atoms with Gasteiger partial charge in [-0.1, -0.05) is 17.7 Å². The summed E-state index contributed by atoms with van der Waals surface area (Å²) in [6, 6.07) is 10.1. The predicted molar refractivity (Wildman–Crippen MR) is 129 cm³/mol. The Kier molecular flexibility index (Phi) is 7.48. The van der Waals surface area contributed by atoms with Crippen LogP contribution in [0, 0.1) is 12.7 Å². The van der Waals surface area contributed by atoms with Crippen molar-refractivity contribution in [3.63, 3.8) is 0 Å². The number of carbonyl (C=O) groups excluding carboxylic acids is 2. The Hall–Kier alpha value is -3.22. The summed E-state index contributed by atoms with van der Waals surface area (Å²) >= 11 is 0. The summed E-state index contributed by atoms with van der Waals surface area (Å²) in [6.45, 7) is 3.69. The maximum absolute atomic E-state index is 15.3. The summed E-state index contributed by atoms with van der Waals surface area (Å²) in [5, 5.41) is 13.1. The number of hydrogen-bond donors (Lipinski definition) is 2. The lowest BCUT2D eigenvalue weighted by atomic mass is 10.1. The van der Waals surface area contributed by atoms with E-state index in [1.807, 2.05) is 6.92 Å². The fourth-order valence-corrected chi connectivity index (χ4v) is 5.28. The number of nitrogens with one attached hydrogen (secondary N) is 1. The lowest BCUT2D eigenvalue weighted by molar-refractivity contribution is -0.119. The molecule has 2 amide bonds. The molecule has 36 heavy (non-hydrogen) atoms. The number of aryl methyl sites for hydroxylation is 1. The second kappa shape index (κ2) is 10.4. The maximum atomic E-state index is 15.3. The van der Waals surface area contributed by atoms with E-state index in [0.29, 0.717) is 12.8 Å². The lowest BCUT2D eigenvalue weighted by Gasteiger charge is -2.39. The van der Waals surface area contributed by atoms with Crippen LogP contribution in [0.3, 0.4) is 0 Å². The van der Waals surface area contributed by atoms with Gasteiger partial charge in [-0.3, -0.25) is 9.69 Å². The molecule has 2 aromatic rings. The Morgan fingerprint density at radius 2 is 1.97 bits per heavy atom. The number of carbonyl (C=O) groups is 2. The number of halogens is 1. The SMILES string of the molecule is CC(=O)NCC1CN(c2ccc(N3CCCC(O)[C@@H]3OS(=O)(=O)c3ccc(C)cc3)c(F)c2)C(=O)O1. The van der Waals surface area contributed by atoms with Crippen molar-refractivity contribution >= 4 is 33.5 Å². The molecular formula is C24H28FN3O7S. The number of benzene rings is 2. The van der Waals surface area contributed by atoms with Gasteiger partial charge in [0.25, 0.3) is 10.1 Å². The van der Waals surface area contributed by atoms with Crippen molar-refractivity contribution in [2.75, 3.05) is 29.4 Å². The normalized spacial score (nSPS) is 22.4. The molecule has 2 aromatic carbocycles. The molecule has 2 saturated heterocycles. The number of amides is 2. The maximum Gasteiger partial charge on any atom is 0.414 e. The van der Waals surface area contributed by atoms with Crippen LogP contribution in [0.4, 0.5) is 20.6 Å². The number of nitrogens with zero attached hydrogens (tertiary/aromatic N) is 2. The quantitative estimate of drug-likeness (QED) is 0.532. The largest absolute Gasteiger partial charge is 0.442 e. The second-order valence-corrected chi connectivity index (χ2v) is 10.4. The first-order valence-corrected chi connectivity index (χ1v) is 12.9. The molecule has 0 bridgehead atoms. The van der Waals surface area contributed by atoms with E-state index < -0.39 is 40.5 Å². The van der Waals surface area contributed by atoms with Gasteiger partial charge >= 0.3 is 6.09 Å². The second-order valence-electron chi connectivity index (χ2n) is 8.85. The summed E-state index contributed by atoms with van der Waals surface area (Å²) in [7, 11) is -4.23. The minimum atomic E-state index is -4.23. The van der Waals surface area contributed by atoms with E-state index in [1.165, 1.54) is 41.0 Å². The molecular weight excluding hydrogens is 493 g/mol. The van der Waals surface area contributed by atoms with Crippen molar-refractivity contribution in [2.24, 2.45) is 0 Å². The van der Waals surface area contributed by atoms with Crippen LogP contribution in [0.5, 0.6) is 0 Å². The molecule has 0 saturated carbocycles. The van der Waals surface area contributed by atoms with Crippen LogP contribution in [0.1, 0.15) is 25.3 Å². The molecule has 0 radical (unpaired) electrons. The van der Waals surface area contributed by atoms with Gasteiger partial charge in [0.05, 0.1) is 29.4 Å². The molecule has 0 spiro atoms. The van der Waals surface area contributed by atoms with Gasteiger partial charge in [0.1, 0.15) is 18.0 Å². The average molecular weight is 522 g/mol. The van der Waals surface area contributed by atoms with E-state index in [-0.39, 0.29) is 41.8 Å². The third-order valence-electron chi connectivity index (χ3n) is 6.08. The first-order valence-electron chi connectivity index (χ1n) is 11.5. The van der Waals surface area contributed by atoms with Gasteiger partial charge in [-0.15, -0.1) is 0 Å². The van der Waals surface area contributed by atoms with Crippen molar-refractivity contribution < 1.29 is 36.4 Å². The average Bonchev–Trinajstić information content (AvgIpc) is 3.20. The molecule has 2 unspecified atom stereocenters. The Labute approximate surface area is 208 Å². The first kappa shape index (κ1) is 25.9. The van der Waals surface area contributed by atoms with Gasteiger partial charge < -0.3 is 20.1 Å². The molecule has 4 rings (SSSR count). The molecule has 2 aliphatic heterocycles. The number of anilines is 2. The van der Waals surface area contributed by atoms with Crippen LogP contribution in [0.25, 0.3) is 0 Å². The zero-order valence-electron chi connectivity index (χ0n) is 19.9. The highest BCUT2D eigenvalue weighted by Crippen LogP contribution is 2.33. The molecule has 2 N–H and O–H groups in total. The molecule has 10 nitrogen and oxygen atoms in total. The van der Waals surface area contributed by atoms with Crippen LogP contribution in [-0.2, 0) is 23.8 Å². The van der Waals surface area contributed by atoms with Gasteiger partial charge in [-0.25, -0.2) is 13.4 Å². The van der Waals surface area contributed by atoms with E-state index in [0.717, 1.165) is 11.6 Å². The minimum Gasteiger partial charge on any atom is -0.442 e. The zero-order valence-corrected chi connectivity index (χ0v) is 20.7. The molecule has 3 atom stereocenters. The number of ether oxygens (including phenoxy) is 1. The fraction of sp³-hybridized carbons (Fsp3) is 0.417. The summed E-state index contributed by atoms with van der Waals surface area (Å²) in [6.07, 6.45) is -2.96. The third-order valence-corrected chi connectivity index (χ3v) is 7.38. The molecule has 12 heteroatoms. The van der Waals surface area contributed by atoms with Crippen LogP contribution >= 0.6 is 0 Å². The van der Waals surface area contributed by atoms with Crippen molar-refractivity contribution in [3.05, 3.63) is 53.8 Å². The third kappa shape index (κ3) is 5.61. The van der Waals surface area contributed by atoms with Crippen LogP contribution in [0.2, 0.25) is 0 Å². The molecule has 2 aliphatic rings. The fourth-order valence-electron chi connectivity index (χ4n) is 4.21. The smallest absolute Gasteiger partial charge is 0.414 e. The number of hydrogen-bond acceptors (Lipinski definition) is 8. The molecule has 0 aromatic heterocycles. The lowest BCUT2D eigenvalue weighted by Crippen LogP contribution is -2.51. The van der Waals surface area contributed by atoms with Crippen molar-refractivity contribution in [3.8, 4) is 0 Å². The standard InChI is InChI=1S/C24H28FN3O7S/c1-15-5-8-19(9-6-15)36(32,33)35-23-22(30)4-3-11-27(23)21-10-7-17(12-20(21)25)28-14-18(34-24(28)31)13-26-16(2)29/h5-10,12,18,22-23,30H,3-4,11,13-14H2,1-2H3,(H,26,29)/t18?,22?,23-/m0/s1. The highest BCUT2D eigenvalue weighted by Gasteiger charge is 2.38. The van der Waals surface area contributed by atoms with E-state index in [4.69, 9.17) is 8.92 Å². The summed E-state index contributed by atoms with van der Waals surface area (Å²) in [5.74, 6) is -0.981. The summed E-state index contributed by atoms with van der Waals surface area (Å²) in [5.41, 5.74) is 1.15. The molecule has 194 valence electrons. The first-order chi connectivity index (χ1) is 17.0. The van der Waals surface area contributed by atoms with E-state index in [2.05, 4.69) is 5.32 Å². The summed E-state index contributed by atoms with van der Waals surface area (Å²) in [4.78, 5) is 25.9. The number of aliphatic hydroxyl groups is 1. The van der Waals surface area contributed by atoms with Crippen molar-refractivity contribution in [1.29, 1.82) is 0 Å². The molecule has 2 fully saturated rings. The van der Waals surface area contributed by atoms with E-state index in [9.17, 15) is 23.1 Å². The molecule has 0 aliphatic carbocycles. The van der Waals surface area contributed by atoms with Crippen LogP contribution in [0.15, 0.2) is 47.4 Å². The van der Waals surface area contributed by atoms with Crippen LogP contribution in [-0.4, -0.2) is 63.6 Å². The highest BCUT2D eigenvalue weighted by molar-refractivity contribution is 7.86. The van der Waals surface area contributed by atoms with Gasteiger partial charge in [0, 0.05) is 13.5 Å². The number of aliphatic hydroxyl groups excluding tert-OH is 1. The Morgan fingerprint density at radius 3 is 2.64 bits per heavy atom. The topological polar surface area (TPSA) is 125 Å². The van der Waals surface area contributed by atoms with E-state index >= 15 is 4.39 Å². The molecule has 2 heterocycles. The van der Waals surface area contributed by atoms with E-state index in [1.54, 1.807) is 12.1 Å². The minimum absolute atomic E-state index is 0.0315. The summed E-state index contributed by atoms with van der Waals surface area (Å²) < 4.78 is 51.7. The monoisotopic (exact) mass is 521 g/mol. The Morgan fingerprint density at radius 1 is 1.25 bits per heavy atom. The number of piperidine rings is 1. The van der Waals surface area contributed by atoms with Gasteiger partial charge in [0.2, 0.25) is 5.91 Å². The van der Waals surface area contributed by atoms with Crippen LogP contribution < -0.4 is 15.1 Å². The number of rotatable bonds is 7. The van der Waals surface area contributed by atoms with Gasteiger partial charge in [0.15, 0.2) is 6.23 Å². The Bertz CT molecular complexity index is 1240. The van der Waals surface area contributed by atoms with Gasteiger partial charge in [-0.2, -0.15) is 8.42 Å². The highest BCUT2D eigenvalue weighted by atomic mass is 32.2. The van der Waals surface area contributed by atoms with Crippen molar-refractivity contribution in [2.45, 2.75) is 50.0 Å². The van der Waals surface area contributed by atoms with Gasteiger partial charge in [-0.05, 0) is 50.1 Å². The zero-order chi connectivity index (χ0) is 26.0.